The predicted octanol–water partition coefficient (Wildman–Crippen LogP) is 1.81. The Morgan fingerprint density at radius 1 is 1.15 bits per heavy atom. The Labute approximate surface area is 77.0 Å². The third kappa shape index (κ3) is 1.90. The molecule has 4 heteroatoms. The first-order valence-electron chi connectivity index (χ1n) is 3.67. The Balaban J connectivity index is 0.000000845. The molecular weight excluding hydrogens is 164 g/mol. The fourth-order valence-electron chi connectivity index (χ4n) is 0.987. The van der Waals surface area contributed by atoms with E-state index in [0.29, 0.717) is 5.82 Å². The Hall–Kier alpha value is -1.71. The van der Waals surface area contributed by atoms with E-state index in [1.54, 1.807) is 0 Å². The van der Waals surface area contributed by atoms with Crippen LogP contribution in [-0.4, -0.2) is 20.6 Å². The van der Waals surface area contributed by atoms with Crippen molar-refractivity contribution in [1.82, 2.24) is 20.6 Å². The van der Waals surface area contributed by atoms with Gasteiger partial charge in [-0.05, 0) is 12.1 Å². The van der Waals surface area contributed by atoms with E-state index in [2.05, 4.69) is 20.6 Å². The zero-order valence-corrected chi connectivity index (χ0v) is 6.65. The molecule has 1 N–H and O–H groups in total. The Bertz CT molecular complexity index is 350. The van der Waals surface area contributed by atoms with Crippen LogP contribution in [0.2, 0.25) is 0 Å². The highest BCUT2D eigenvalue weighted by molar-refractivity contribution is 5.53. The lowest BCUT2D eigenvalue weighted by atomic mass is 10.1. The molecule has 0 aliphatic carbocycles. The van der Waals surface area contributed by atoms with Gasteiger partial charge in [0, 0.05) is 5.56 Å². The van der Waals surface area contributed by atoms with Crippen LogP contribution in [0.4, 0.5) is 0 Å². The van der Waals surface area contributed by atoms with Crippen LogP contribution in [-0.2, 0) is 0 Å². The lowest BCUT2D eigenvalue weighted by Gasteiger charge is -1.93. The number of tetrazole rings is 1. The molecule has 0 atom stereocenters. The van der Waals surface area contributed by atoms with Crippen LogP contribution in [0.5, 0.6) is 0 Å². The second-order valence-electron chi connectivity index (χ2n) is 2.60. The molecule has 0 radical (unpaired) electrons. The van der Waals surface area contributed by atoms with Crippen molar-refractivity contribution in [1.29, 1.82) is 0 Å². The SMILES string of the molecule is C.Cc1ccc(-c2nn[nH]n2)cc1. The van der Waals surface area contributed by atoms with Gasteiger partial charge in [-0.3, -0.25) is 0 Å². The normalized spacial score (nSPS) is 9.31. The van der Waals surface area contributed by atoms with Crippen molar-refractivity contribution in [2.75, 3.05) is 0 Å². The van der Waals surface area contributed by atoms with E-state index >= 15 is 0 Å². The third-order valence-electron chi connectivity index (χ3n) is 1.66. The van der Waals surface area contributed by atoms with Gasteiger partial charge in [0.15, 0.2) is 0 Å². The summed E-state index contributed by atoms with van der Waals surface area (Å²) in [7, 11) is 0. The van der Waals surface area contributed by atoms with Gasteiger partial charge in [0.25, 0.3) is 0 Å². The summed E-state index contributed by atoms with van der Waals surface area (Å²) < 4.78 is 0. The number of benzene rings is 1. The second kappa shape index (κ2) is 3.80. The Morgan fingerprint density at radius 3 is 2.38 bits per heavy atom. The molecule has 0 saturated carbocycles. The van der Waals surface area contributed by atoms with Gasteiger partial charge in [-0.25, -0.2) is 0 Å². The van der Waals surface area contributed by atoms with Crippen molar-refractivity contribution in [3.63, 3.8) is 0 Å². The molecule has 0 aliphatic rings. The van der Waals surface area contributed by atoms with E-state index in [0.717, 1.165) is 5.56 Å². The number of hydrogen-bond acceptors (Lipinski definition) is 3. The summed E-state index contributed by atoms with van der Waals surface area (Å²) in [6.45, 7) is 2.04. The van der Waals surface area contributed by atoms with Crippen LogP contribution < -0.4 is 0 Å². The molecule has 0 aliphatic heterocycles. The maximum absolute atomic E-state index is 3.87. The lowest BCUT2D eigenvalue weighted by molar-refractivity contribution is 0.881. The molecule has 13 heavy (non-hydrogen) atoms. The lowest BCUT2D eigenvalue weighted by Crippen LogP contribution is -1.80. The number of aromatic nitrogens is 4. The van der Waals surface area contributed by atoms with Crippen molar-refractivity contribution in [2.45, 2.75) is 14.4 Å². The molecule has 0 bridgehead atoms. The molecule has 0 fully saturated rings. The number of aromatic amines is 1. The quantitative estimate of drug-likeness (QED) is 0.721. The summed E-state index contributed by atoms with van der Waals surface area (Å²) >= 11 is 0. The summed E-state index contributed by atoms with van der Waals surface area (Å²) in [4.78, 5) is 0. The molecule has 0 saturated heterocycles. The molecule has 0 unspecified atom stereocenters. The smallest absolute Gasteiger partial charge is 0.177 e. The van der Waals surface area contributed by atoms with Gasteiger partial charge < -0.3 is 0 Å². The van der Waals surface area contributed by atoms with Crippen LogP contribution in [0, 0.1) is 6.92 Å². The molecule has 4 nitrogen and oxygen atoms in total. The number of hydrogen-bond donors (Lipinski definition) is 1. The molecule has 2 aromatic rings. The first kappa shape index (κ1) is 9.38. The van der Waals surface area contributed by atoms with Gasteiger partial charge in [0.05, 0.1) is 0 Å². The number of nitrogens with zero attached hydrogens (tertiary/aromatic N) is 3. The van der Waals surface area contributed by atoms with Gasteiger partial charge in [-0.15, -0.1) is 10.2 Å². The van der Waals surface area contributed by atoms with Crippen molar-refractivity contribution in [3.8, 4) is 11.4 Å². The average molecular weight is 176 g/mol. The molecular formula is C9H12N4. The van der Waals surface area contributed by atoms with Gasteiger partial charge in [-0.1, -0.05) is 37.3 Å². The number of H-pyrrole nitrogens is 1. The summed E-state index contributed by atoms with van der Waals surface area (Å²) in [5.41, 5.74) is 2.21. The van der Waals surface area contributed by atoms with E-state index < -0.39 is 0 Å². The standard InChI is InChI=1S/C8H8N4.CH4/c1-6-2-4-7(5-3-6)8-9-11-12-10-8;/h2-5H,1H3,(H,9,10,11,12);1H4. The molecule has 1 heterocycles. The number of nitrogens with one attached hydrogen (secondary N) is 1. The van der Waals surface area contributed by atoms with Crippen LogP contribution in [0.1, 0.15) is 13.0 Å². The monoisotopic (exact) mass is 176 g/mol. The van der Waals surface area contributed by atoms with Crippen LogP contribution >= 0.6 is 0 Å². The van der Waals surface area contributed by atoms with Gasteiger partial charge in [0.2, 0.25) is 5.82 Å². The molecule has 68 valence electrons. The highest BCUT2D eigenvalue weighted by Gasteiger charge is 1.99. The van der Waals surface area contributed by atoms with Crippen molar-refractivity contribution < 1.29 is 0 Å². The van der Waals surface area contributed by atoms with E-state index in [-0.39, 0.29) is 7.43 Å². The van der Waals surface area contributed by atoms with Gasteiger partial charge in [-0.2, -0.15) is 5.21 Å². The highest BCUT2D eigenvalue weighted by atomic mass is 15.5. The van der Waals surface area contributed by atoms with Crippen LogP contribution in [0.15, 0.2) is 24.3 Å². The summed E-state index contributed by atoms with van der Waals surface area (Å²) in [5, 5.41) is 13.6. The minimum atomic E-state index is 0. The van der Waals surface area contributed by atoms with Gasteiger partial charge in [0.1, 0.15) is 0 Å². The summed E-state index contributed by atoms with van der Waals surface area (Å²) in [6, 6.07) is 7.98. The van der Waals surface area contributed by atoms with E-state index in [1.807, 2.05) is 31.2 Å². The minimum absolute atomic E-state index is 0. The van der Waals surface area contributed by atoms with Crippen LogP contribution in [0.25, 0.3) is 11.4 Å². The fraction of sp³-hybridized carbons (Fsp3) is 0.222. The maximum Gasteiger partial charge on any atom is 0.204 e. The van der Waals surface area contributed by atoms with E-state index in [4.69, 9.17) is 0 Å². The third-order valence-corrected chi connectivity index (χ3v) is 1.66. The first-order valence-corrected chi connectivity index (χ1v) is 3.67. The zero-order chi connectivity index (χ0) is 8.39. The van der Waals surface area contributed by atoms with E-state index in [1.165, 1.54) is 5.56 Å². The van der Waals surface area contributed by atoms with Crippen molar-refractivity contribution in [2.24, 2.45) is 0 Å². The predicted molar refractivity (Wildman–Crippen MR) is 51.1 cm³/mol. The van der Waals surface area contributed by atoms with Gasteiger partial charge >= 0.3 is 0 Å². The summed E-state index contributed by atoms with van der Waals surface area (Å²) in [6.07, 6.45) is 0. The first-order chi connectivity index (χ1) is 5.86. The van der Waals surface area contributed by atoms with Crippen molar-refractivity contribution in [3.05, 3.63) is 29.8 Å². The fourth-order valence-corrected chi connectivity index (χ4v) is 0.987. The second-order valence-corrected chi connectivity index (χ2v) is 2.60. The minimum Gasteiger partial charge on any atom is -0.177 e. The zero-order valence-electron chi connectivity index (χ0n) is 6.65. The van der Waals surface area contributed by atoms with Crippen molar-refractivity contribution >= 4 is 0 Å². The molecule has 1 aromatic heterocycles. The maximum atomic E-state index is 3.87. The molecule has 0 amide bonds. The largest absolute Gasteiger partial charge is 0.204 e. The Morgan fingerprint density at radius 2 is 1.85 bits per heavy atom. The van der Waals surface area contributed by atoms with Crippen LogP contribution in [0.3, 0.4) is 0 Å². The number of rotatable bonds is 1. The molecule has 0 spiro atoms. The summed E-state index contributed by atoms with van der Waals surface area (Å²) in [5.74, 6) is 0.634. The average Bonchev–Trinajstić information content (AvgIpc) is 2.58. The highest BCUT2D eigenvalue weighted by Crippen LogP contribution is 2.12. The topological polar surface area (TPSA) is 54.5 Å². The Kier molecular flexibility index (Phi) is 2.74. The number of aryl methyl sites for hydroxylation is 1. The molecule has 1 aromatic carbocycles. The molecule has 2 rings (SSSR count). The van der Waals surface area contributed by atoms with E-state index in [9.17, 15) is 0 Å².